The Morgan fingerprint density at radius 1 is 1.30 bits per heavy atom. The van der Waals surface area contributed by atoms with Crippen LogP contribution in [-0.4, -0.2) is 29.8 Å². The van der Waals surface area contributed by atoms with Gasteiger partial charge in [0, 0.05) is 24.8 Å². The summed E-state index contributed by atoms with van der Waals surface area (Å²) in [5.74, 6) is 1.26. The molecule has 5 heteroatoms. The lowest BCUT2D eigenvalue weighted by Gasteiger charge is -2.12. The quantitative estimate of drug-likeness (QED) is 0.659. The SMILES string of the molecule is Nc1ccc(C(O)CNCCOc2cc[c]cc2)cn1. The lowest BCUT2D eigenvalue weighted by atomic mass is 10.1. The third kappa shape index (κ3) is 4.53. The van der Waals surface area contributed by atoms with Crippen LogP contribution in [0.5, 0.6) is 5.75 Å². The second-order valence-corrected chi connectivity index (χ2v) is 4.32. The standard InChI is InChI=1S/C15H18N3O2/c16-15-7-6-12(10-18-15)14(19)11-17-8-9-20-13-4-2-1-3-5-13/h2-7,10,14,17,19H,8-9,11H2,(H2,16,18). The molecule has 0 aliphatic heterocycles. The Morgan fingerprint density at radius 3 is 2.80 bits per heavy atom. The van der Waals surface area contributed by atoms with E-state index in [0.717, 1.165) is 11.3 Å². The predicted molar refractivity (Wildman–Crippen MR) is 77.3 cm³/mol. The third-order valence-corrected chi connectivity index (χ3v) is 2.77. The molecular formula is C15H18N3O2. The molecule has 0 fully saturated rings. The first kappa shape index (κ1) is 14.3. The summed E-state index contributed by atoms with van der Waals surface area (Å²) < 4.78 is 5.52. The Bertz CT molecular complexity index is 502. The molecule has 0 spiro atoms. The minimum absolute atomic E-state index is 0.442. The molecule has 0 bridgehead atoms. The van der Waals surface area contributed by atoms with Crippen LogP contribution in [0.3, 0.4) is 0 Å². The van der Waals surface area contributed by atoms with Gasteiger partial charge >= 0.3 is 0 Å². The van der Waals surface area contributed by atoms with Crippen molar-refractivity contribution >= 4 is 5.82 Å². The summed E-state index contributed by atoms with van der Waals surface area (Å²) in [6, 6.07) is 13.7. The molecule has 1 aromatic heterocycles. The number of aromatic nitrogens is 1. The maximum atomic E-state index is 9.94. The summed E-state index contributed by atoms with van der Waals surface area (Å²) in [6.07, 6.45) is 0.980. The predicted octanol–water partition coefficient (Wildman–Crippen LogP) is 1.17. The third-order valence-electron chi connectivity index (χ3n) is 2.77. The van der Waals surface area contributed by atoms with Crippen LogP contribution in [0.4, 0.5) is 5.82 Å². The number of pyridine rings is 1. The Labute approximate surface area is 118 Å². The smallest absolute Gasteiger partial charge is 0.123 e. The van der Waals surface area contributed by atoms with Gasteiger partial charge in [-0.3, -0.25) is 0 Å². The van der Waals surface area contributed by atoms with Crippen molar-refractivity contribution in [1.82, 2.24) is 10.3 Å². The molecule has 0 aliphatic carbocycles. The van der Waals surface area contributed by atoms with Crippen molar-refractivity contribution < 1.29 is 9.84 Å². The normalized spacial score (nSPS) is 12.1. The van der Waals surface area contributed by atoms with Crippen molar-refractivity contribution in [1.29, 1.82) is 0 Å². The number of rotatable bonds is 7. The summed E-state index contributed by atoms with van der Waals surface area (Å²) in [7, 11) is 0. The van der Waals surface area contributed by atoms with Crippen LogP contribution in [-0.2, 0) is 0 Å². The number of benzene rings is 1. The first-order chi connectivity index (χ1) is 9.75. The minimum Gasteiger partial charge on any atom is -0.492 e. The van der Waals surface area contributed by atoms with E-state index in [2.05, 4.69) is 16.4 Å². The van der Waals surface area contributed by atoms with E-state index < -0.39 is 6.10 Å². The lowest BCUT2D eigenvalue weighted by Crippen LogP contribution is -2.26. The van der Waals surface area contributed by atoms with Crippen molar-refractivity contribution in [2.75, 3.05) is 25.4 Å². The van der Waals surface area contributed by atoms with Crippen LogP contribution in [0.2, 0.25) is 0 Å². The number of ether oxygens (including phenoxy) is 1. The van der Waals surface area contributed by atoms with Crippen LogP contribution in [0.25, 0.3) is 0 Å². The molecule has 0 amide bonds. The Hall–Kier alpha value is -2.11. The highest BCUT2D eigenvalue weighted by atomic mass is 16.5. The molecule has 0 saturated heterocycles. The average molecular weight is 272 g/mol. The zero-order valence-electron chi connectivity index (χ0n) is 11.1. The van der Waals surface area contributed by atoms with Crippen molar-refractivity contribution in [3.63, 3.8) is 0 Å². The zero-order chi connectivity index (χ0) is 14.2. The summed E-state index contributed by atoms with van der Waals surface area (Å²) in [5, 5.41) is 13.1. The molecule has 1 unspecified atom stereocenters. The molecule has 1 radical (unpaired) electrons. The van der Waals surface area contributed by atoms with Gasteiger partial charge in [-0.25, -0.2) is 4.98 Å². The minimum atomic E-state index is -0.602. The van der Waals surface area contributed by atoms with Gasteiger partial charge in [-0.2, -0.15) is 0 Å². The van der Waals surface area contributed by atoms with Gasteiger partial charge in [0.15, 0.2) is 0 Å². The maximum Gasteiger partial charge on any atom is 0.123 e. The average Bonchev–Trinajstić information content (AvgIpc) is 2.48. The number of aliphatic hydroxyl groups is 1. The lowest BCUT2D eigenvalue weighted by molar-refractivity contribution is 0.171. The first-order valence-electron chi connectivity index (χ1n) is 6.45. The Morgan fingerprint density at radius 2 is 2.10 bits per heavy atom. The van der Waals surface area contributed by atoms with E-state index in [1.807, 2.05) is 12.1 Å². The second-order valence-electron chi connectivity index (χ2n) is 4.32. The highest BCUT2D eigenvalue weighted by Crippen LogP contribution is 2.11. The van der Waals surface area contributed by atoms with Gasteiger partial charge in [0.1, 0.15) is 18.2 Å². The van der Waals surface area contributed by atoms with E-state index >= 15 is 0 Å². The van der Waals surface area contributed by atoms with Crippen molar-refractivity contribution in [3.05, 3.63) is 54.2 Å². The van der Waals surface area contributed by atoms with Gasteiger partial charge < -0.3 is 20.9 Å². The number of hydrogen-bond acceptors (Lipinski definition) is 5. The molecule has 1 aromatic carbocycles. The zero-order valence-corrected chi connectivity index (χ0v) is 11.1. The molecule has 0 saturated carbocycles. The van der Waals surface area contributed by atoms with Gasteiger partial charge in [0.2, 0.25) is 0 Å². The molecule has 2 aromatic rings. The van der Waals surface area contributed by atoms with Crippen molar-refractivity contribution in [2.24, 2.45) is 0 Å². The number of aliphatic hydroxyl groups excluding tert-OH is 1. The summed E-state index contributed by atoms with van der Waals surface area (Å²) in [6.45, 7) is 1.63. The number of anilines is 1. The molecule has 105 valence electrons. The van der Waals surface area contributed by atoms with E-state index in [4.69, 9.17) is 10.5 Å². The largest absolute Gasteiger partial charge is 0.492 e. The fourth-order valence-electron chi connectivity index (χ4n) is 1.68. The molecule has 20 heavy (non-hydrogen) atoms. The molecule has 2 rings (SSSR count). The number of nitrogens with two attached hydrogens (primary N) is 1. The maximum absolute atomic E-state index is 9.94. The monoisotopic (exact) mass is 272 g/mol. The van der Waals surface area contributed by atoms with E-state index in [1.165, 1.54) is 0 Å². The molecule has 0 aliphatic rings. The topological polar surface area (TPSA) is 80.4 Å². The van der Waals surface area contributed by atoms with Crippen LogP contribution in [0, 0.1) is 6.07 Å². The summed E-state index contributed by atoms with van der Waals surface area (Å²) in [5.41, 5.74) is 6.24. The fraction of sp³-hybridized carbons (Fsp3) is 0.267. The number of nitrogen functional groups attached to an aromatic ring is 1. The first-order valence-corrected chi connectivity index (χ1v) is 6.45. The second kappa shape index (κ2) is 7.47. The Kier molecular flexibility index (Phi) is 5.34. The van der Waals surface area contributed by atoms with E-state index in [0.29, 0.717) is 25.5 Å². The summed E-state index contributed by atoms with van der Waals surface area (Å²) >= 11 is 0. The number of nitrogens with zero attached hydrogens (tertiary/aromatic N) is 1. The Balaban J connectivity index is 1.64. The van der Waals surface area contributed by atoms with Gasteiger partial charge in [0.05, 0.1) is 6.10 Å². The van der Waals surface area contributed by atoms with Gasteiger partial charge in [-0.15, -0.1) is 0 Å². The summed E-state index contributed by atoms with van der Waals surface area (Å²) in [4.78, 5) is 3.95. The highest BCUT2D eigenvalue weighted by molar-refractivity contribution is 5.30. The molecular weight excluding hydrogens is 254 g/mol. The van der Waals surface area contributed by atoms with Crippen LogP contribution in [0.15, 0.2) is 42.6 Å². The molecule has 1 heterocycles. The van der Waals surface area contributed by atoms with Gasteiger partial charge in [-0.1, -0.05) is 18.2 Å². The van der Waals surface area contributed by atoms with Crippen LogP contribution < -0.4 is 15.8 Å². The van der Waals surface area contributed by atoms with Crippen molar-refractivity contribution in [3.8, 4) is 5.75 Å². The molecule has 5 nitrogen and oxygen atoms in total. The highest BCUT2D eigenvalue weighted by Gasteiger charge is 2.06. The van der Waals surface area contributed by atoms with E-state index in [-0.39, 0.29) is 0 Å². The van der Waals surface area contributed by atoms with Crippen LogP contribution >= 0.6 is 0 Å². The van der Waals surface area contributed by atoms with Gasteiger partial charge in [0.25, 0.3) is 0 Å². The fourth-order valence-corrected chi connectivity index (χ4v) is 1.68. The van der Waals surface area contributed by atoms with Crippen LogP contribution in [0.1, 0.15) is 11.7 Å². The molecule has 1 atom stereocenters. The molecule has 4 N–H and O–H groups in total. The van der Waals surface area contributed by atoms with Crippen molar-refractivity contribution in [2.45, 2.75) is 6.10 Å². The van der Waals surface area contributed by atoms with E-state index in [1.54, 1.807) is 30.5 Å². The number of nitrogens with one attached hydrogen (secondary N) is 1. The van der Waals surface area contributed by atoms with E-state index in [9.17, 15) is 5.11 Å². The van der Waals surface area contributed by atoms with Gasteiger partial charge in [-0.05, 0) is 24.3 Å². The number of hydrogen-bond donors (Lipinski definition) is 3.